The number of methoxy groups -OCH3 is 1. The van der Waals surface area contributed by atoms with E-state index in [-0.39, 0.29) is 5.70 Å². The largest absolute Gasteiger partial charge is 0.493 e. The molecule has 1 fully saturated rings. The average Bonchev–Trinajstić information content (AvgIpc) is 3.03. The molecule has 0 unspecified atom stereocenters. The zero-order valence-electron chi connectivity index (χ0n) is 15.5. The molecule has 0 spiro atoms. The smallest absolute Gasteiger partial charge is 0.326 e. The van der Waals surface area contributed by atoms with Crippen molar-refractivity contribution in [3.63, 3.8) is 0 Å². The van der Waals surface area contributed by atoms with E-state index in [1.54, 1.807) is 12.1 Å². The zero-order valence-corrected chi connectivity index (χ0v) is 16.2. The van der Waals surface area contributed by atoms with Crippen LogP contribution in [0.4, 0.5) is 4.79 Å². The Balaban J connectivity index is 1.62. The Morgan fingerprint density at radius 3 is 2.59 bits per heavy atom. The number of halogens is 1. The van der Waals surface area contributed by atoms with Crippen LogP contribution in [0.2, 0.25) is 5.02 Å². The molecule has 2 N–H and O–H groups in total. The number of ether oxygens (including phenoxy) is 2. The summed E-state index contributed by atoms with van der Waals surface area (Å²) in [7, 11) is 1.51. The van der Waals surface area contributed by atoms with Gasteiger partial charge in [0.2, 0.25) is 0 Å². The molecular weight excluding hydrogens is 392 g/mol. The molecule has 0 aliphatic carbocycles. The van der Waals surface area contributed by atoms with Gasteiger partial charge < -0.3 is 14.8 Å². The van der Waals surface area contributed by atoms with Crippen molar-refractivity contribution in [1.29, 1.82) is 0 Å². The van der Waals surface area contributed by atoms with Gasteiger partial charge in [0, 0.05) is 0 Å². The number of carbonyl (C=O) groups is 2. The lowest BCUT2D eigenvalue weighted by Gasteiger charge is -2.14. The molecule has 7 heteroatoms. The fourth-order valence-corrected chi connectivity index (χ4v) is 3.45. The minimum Gasteiger partial charge on any atom is -0.493 e. The highest BCUT2D eigenvalue weighted by atomic mass is 35.5. The van der Waals surface area contributed by atoms with E-state index in [2.05, 4.69) is 10.6 Å². The zero-order chi connectivity index (χ0) is 20.4. The van der Waals surface area contributed by atoms with Gasteiger partial charge in [0.1, 0.15) is 12.3 Å². The van der Waals surface area contributed by atoms with E-state index in [9.17, 15) is 9.59 Å². The van der Waals surface area contributed by atoms with Crippen molar-refractivity contribution >= 4 is 40.4 Å². The fraction of sp³-hybridized carbons (Fsp3) is 0.0909. The van der Waals surface area contributed by atoms with Crippen molar-refractivity contribution in [2.75, 3.05) is 7.11 Å². The minimum atomic E-state index is -0.561. The van der Waals surface area contributed by atoms with Gasteiger partial charge >= 0.3 is 6.03 Å². The first-order chi connectivity index (χ1) is 14.0. The second-order valence-corrected chi connectivity index (χ2v) is 6.83. The van der Waals surface area contributed by atoms with Gasteiger partial charge in [-0.15, -0.1) is 0 Å². The summed E-state index contributed by atoms with van der Waals surface area (Å²) in [5.74, 6) is 0.333. The van der Waals surface area contributed by atoms with Crippen molar-refractivity contribution in [1.82, 2.24) is 10.6 Å². The van der Waals surface area contributed by atoms with Gasteiger partial charge in [-0.05, 0) is 40.1 Å². The molecule has 4 rings (SSSR count). The highest BCUT2D eigenvalue weighted by Crippen LogP contribution is 2.38. The van der Waals surface area contributed by atoms with Gasteiger partial charge in [-0.25, -0.2) is 4.79 Å². The van der Waals surface area contributed by atoms with Gasteiger partial charge in [0.25, 0.3) is 5.91 Å². The number of urea groups is 1. The molecule has 1 aliphatic heterocycles. The standard InChI is InChI=1S/C22H17ClN2O4/c1-28-19-11-13(10-18-21(26)25-22(27)24-18)9-17(23)20(19)29-12-15-7-4-6-14-5-2-3-8-16(14)15/h2-11H,12H2,1H3,(H2,24,25,26,27)/b18-10+. The van der Waals surface area contributed by atoms with E-state index in [0.717, 1.165) is 16.3 Å². The van der Waals surface area contributed by atoms with E-state index in [4.69, 9.17) is 21.1 Å². The Morgan fingerprint density at radius 1 is 1.03 bits per heavy atom. The first-order valence-electron chi connectivity index (χ1n) is 8.86. The number of hydrogen-bond donors (Lipinski definition) is 2. The number of carbonyl (C=O) groups excluding carboxylic acids is 2. The lowest BCUT2D eigenvalue weighted by Crippen LogP contribution is -2.22. The molecule has 3 amide bonds. The first kappa shape index (κ1) is 18.8. The number of rotatable bonds is 5. The third kappa shape index (κ3) is 3.88. The number of benzene rings is 3. The van der Waals surface area contributed by atoms with Crippen molar-refractivity contribution in [2.24, 2.45) is 0 Å². The number of imide groups is 1. The number of amides is 3. The molecule has 1 heterocycles. The monoisotopic (exact) mass is 408 g/mol. The van der Waals surface area contributed by atoms with Crippen LogP contribution < -0.4 is 20.1 Å². The second kappa shape index (κ2) is 7.85. The third-order valence-corrected chi connectivity index (χ3v) is 4.82. The number of fused-ring (bicyclic) bond motifs is 1. The summed E-state index contributed by atoms with van der Waals surface area (Å²) in [6.45, 7) is 0.316. The molecule has 1 aliphatic rings. The van der Waals surface area contributed by atoms with Crippen molar-refractivity contribution in [2.45, 2.75) is 6.61 Å². The minimum absolute atomic E-state index is 0.137. The molecule has 0 saturated carbocycles. The molecule has 29 heavy (non-hydrogen) atoms. The molecule has 6 nitrogen and oxygen atoms in total. The molecule has 0 atom stereocenters. The molecule has 3 aromatic carbocycles. The highest BCUT2D eigenvalue weighted by molar-refractivity contribution is 6.32. The van der Waals surface area contributed by atoms with Crippen LogP contribution in [0.3, 0.4) is 0 Å². The Kier molecular flexibility index (Phi) is 5.10. The molecule has 1 saturated heterocycles. The summed E-state index contributed by atoms with van der Waals surface area (Å²) in [4.78, 5) is 23.0. The van der Waals surface area contributed by atoms with Crippen LogP contribution in [0.5, 0.6) is 11.5 Å². The van der Waals surface area contributed by atoms with Crippen molar-refractivity contribution < 1.29 is 19.1 Å². The van der Waals surface area contributed by atoms with E-state index < -0.39 is 11.9 Å². The number of hydrogen-bond acceptors (Lipinski definition) is 4. The maximum absolute atomic E-state index is 11.7. The molecule has 0 radical (unpaired) electrons. The van der Waals surface area contributed by atoms with Gasteiger partial charge in [-0.1, -0.05) is 54.1 Å². The Labute approximate surface area is 172 Å². The van der Waals surface area contributed by atoms with Gasteiger partial charge in [0.05, 0.1) is 12.1 Å². The van der Waals surface area contributed by atoms with Crippen LogP contribution in [0.25, 0.3) is 16.8 Å². The average molecular weight is 409 g/mol. The van der Waals surface area contributed by atoms with E-state index in [1.807, 2.05) is 42.5 Å². The van der Waals surface area contributed by atoms with Gasteiger partial charge in [0.15, 0.2) is 11.5 Å². The molecular formula is C22H17ClN2O4. The predicted molar refractivity (Wildman–Crippen MR) is 111 cm³/mol. The molecule has 0 aromatic heterocycles. The maximum atomic E-state index is 11.7. The predicted octanol–water partition coefficient (Wildman–Crippen LogP) is 4.26. The van der Waals surface area contributed by atoms with Gasteiger partial charge in [-0.2, -0.15) is 0 Å². The van der Waals surface area contributed by atoms with Crippen molar-refractivity contribution in [3.8, 4) is 11.5 Å². The lowest BCUT2D eigenvalue weighted by atomic mass is 10.1. The van der Waals surface area contributed by atoms with Crippen LogP contribution in [0.1, 0.15) is 11.1 Å². The first-order valence-corrected chi connectivity index (χ1v) is 9.24. The summed E-state index contributed by atoms with van der Waals surface area (Å²) in [6.07, 6.45) is 1.52. The van der Waals surface area contributed by atoms with Crippen LogP contribution in [-0.4, -0.2) is 19.0 Å². The number of nitrogens with one attached hydrogen (secondary N) is 2. The maximum Gasteiger partial charge on any atom is 0.326 e. The van der Waals surface area contributed by atoms with Crippen molar-refractivity contribution in [3.05, 3.63) is 76.4 Å². The van der Waals surface area contributed by atoms with Crippen LogP contribution >= 0.6 is 11.6 Å². The second-order valence-electron chi connectivity index (χ2n) is 6.43. The van der Waals surface area contributed by atoms with Gasteiger partial charge in [-0.3, -0.25) is 10.1 Å². The van der Waals surface area contributed by atoms with E-state index in [1.165, 1.54) is 13.2 Å². The van der Waals surface area contributed by atoms with E-state index in [0.29, 0.717) is 28.7 Å². The summed E-state index contributed by atoms with van der Waals surface area (Å²) in [5, 5.41) is 7.15. The lowest BCUT2D eigenvalue weighted by molar-refractivity contribution is -0.115. The Hall–Kier alpha value is -3.51. The molecule has 146 valence electrons. The Morgan fingerprint density at radius 2 is 1.83 bits per heavy atom. The summed E-state index contributed by atoms with van der Waals surface area (Å²) in [5.41, 5.74) is 1.76. The SMILES string of the molecule is COc1cc(/C=C2/NC(=O)NC2=O)cc(Cl)c1OCc1cccc2ccccc12. The molecule has 3 aromatic rings. The van der Waals surface area contributed by atoms with E-state index >= 15 is 0 Å². The topological polar surface area (TPSA) is 76.7 Å². The summed E-state index contributed by atoms with van der Waals surface area (Å²) < 4.78 is 11.4. The molecule has 0 bridgehead atoms. The Bertz CT molecular complexity index is 1150. The van der Waals surface area contributed by atoms with Crippen LogP contribution in [0, 0.1) is 0 Å². The summed E-state index contributed by atoms with van der Waals surface area (Å²) in [6, 6.07) is 16.9. The normalized spacial score (nSPS) is 14.8. The summed E-state index contributed by atoms with van der Waals surface area (Å²) >= 11 is 6.43. The quantitative estimate of drug-likeness (QED) is 0.488. The van der Waals surface area contributed by atoms with Crippen LogP contribution in [-0.2, 0) is 11.4 Å². The highest BCUT2D eigenvalue weighted by Gasteiger charge is 2.23. The van der Waals surface area contributed by atoms with Crippen LogP contribution in [0.15, 0.2) is 60.3 Å². The fourth-order valence-electron chi connectivity index (χ4n) is 3.18. The third-order valence-electron chi connectivity index (χ3n) is 4.53.